The minimum atomic E-state index is -3.59. The maximum absolute atomic E-state index is 14.0. The SMILES string of the molecule is Cc1c(N2CCC2)nc2cc([C@@H]3CCCCN3C(=O)c3cc(Cl)ccc3NS(C)(=O)=O)nn2c1N1CCCCN1. The monoisotopic (exact) mass is 586 g/mol. The molecule has 3 aliphatic rings. The molecule has 2 aromatic heterocycles. The Bertz CT molecular complexity index is 1550. The van der Waals surface area contributed by atoms with Crippen LogP contribution in [0, 0.1) is 6.92 Å². The summed E-state index contributed by atoms with van der Waals surface area (Å²) in [6.45, 7) is 6.42. The fourth-order valence-corrected chi connectivity index (χ4v) is 6.63. The van der Waals surface area contributed by atoms with Gasteiger partial charge >= 0.3 is 0 Å². The standard InChI is InChI=1S/C27H35ClN8O3S/c1-18-25(33-12-7-13-33)30-24-17-22(31-36(24)26(18)35-15-6-4-11-29-35)23-8-3-5-14-34(23)27(37)20-16-19(28)9-10-21(20)32-40(2,38)39/h9-10,16-17,23,29,32H,3-8,11-15H2,1-2H3/t23-/m0/s1. The third-order valence-corrected chi connectivity index (χ3v) is 8.76. The van der Waals surface area contributed by atoms with Crippen LogP contribution in [0.2, 0.25) is 5.02 Å². The molecule has 0 unspecified atom stereocenters. The first-order valence-corrected chi connectivity index (χ1v) is 16.2. The Kier molecular flexibility index (Phi) is 7.26. The highest BCUT2D eigenvalue weighted by atomic mass is 35.5. The highest BCUT2D eigenvalue weighted by Crippen LogP contribution is 2.37. The van der Waals surface area contributed by atoms with Gasteiger partial charge in [0.1, 0.15) is 5.82 Å². The van der Waals surface area contributed by atoms with Gasteiger partial charge in [-0.3, -0.25) is 14.5 Å². The highest BCUT2D eigenvalue weighted by molar-refractivity contribution is 7.92. The van der Waals surface area contributed by atoms with E-state index in [9.17, 15) is 13.2 Å². The second-order valence-corrected chi connectivity index (χ2v) is 13.1. The summed E-state index contributed by atoms with van der Waals surface area (Å²) in [7, 11) is -3.59. The molecule has 11 nitrogen and oxygen atoms in total. The molecule has 3 aromatic rings. The van der Waals surface area contributed by atoms with Crippen LogP contribution in [0.4, 0.5) is 17.3 Å². The van der Waals surface area contributed by atoms with E-state index < -0.39 is 10.0 Å². The largest absolute Gasteiger partial charge is 0.356 e. The van der Waals surface area contributed by atoms with Crippen LogP contribution < -0.4 is 20.1 Å². The molecule has 0 saturated carbocycles. The third-order valence-electron chi connectivity index (χ3n) is 7.94. The lowest BCUT2D eigenvalue weighted by molar-refractivity contribution is 0.0607. The lowest BCUT2D eigenvalue weighted by atomic mass is 9.98. The van der Waals surface area contributed by atoms with E-state index in [1.807, 2.05) is 10.6 Å². The molecule has 1 aromatic carbocycles. The molecule has 0 aliphatic carbocycles. The molecule has 1 atom stereocenters. The number of hydrazine groups is 1. The number of anilines is 3. The Morgan fingerprint density at radius 2 is 1.88 bits per heavy atom. The predicted octanol–water partition coefficient (Wildman–Crippen LogP) is 3.74. The van der Waals surface area contributed by atoms with E-state index in [1.54, 1.807) is 11.0 Å². The maximum Gasteiger partial charge on any atom is 0.256 e. The van der Waals surface area contributed by atoms with Crippen LogP contribution in [0.15, 0.2) is 24.3 Å². The fraction of sp³-hybridized carbons (Fsp3) is 0.519. The first kappa shape index (κ1) is 27.1. The summed E-state index contributed by atoms with van der Waals surface area (Å²) in [5.41, 5.74) is 6.59. The van der Waals surface area contributed by atoms with Gasteiger partial charge in [0.25, 0.3) is 5.91 Å². The van der Waals surface area contributed by atoms with Crippen molar-refractivity contribution in [3.8, 4) is 0 Å². The van der Waals surface area contributed by atoms with Gasteiger partial charge in [-0.25, -0.2) is 18.8 Å². The lowest BCUT2D eigenvalue weighted by Crippen LogP contribution is -2.45. The van der Waals surface area contributed by atoms with Crippen LogP contribution in [-0.2, 0) is 10.0 Å². The molecule has 6 rings (SSSR count). The summed E-state index contributed by atoms with van der Waals surface area (Å²) < 4.78 is 28.4. The van der Waals surface area contributed by atoms with E-state index in [0.717, 1.165) is 99.5 Å². The van der Waals surface area contributed by atoms with Crippen molar-refractivity contribution < 1.29 is 13.2 Å². The molecule has 3 saturated heterocycles. The maximum atomic E-state index is 14.0. The molecular weight excluding hydrogens is 552 g/mol. The Labute approximate surface area is 239 Å². The van der Waals surface area contributed by atoms with Gasteiger partial charge in [-0.05, 0) is 63.6 Å². The average molecular weight is 587 g/mol. The summed E-state index contributed by atoms with van der Waals surface area (Å²) in [5.74, 6) is 1.69. The number of aromatic nitrogens is 3. The fourth-order valence-electron chi connectivity index (χ4n) is 5.88. The molecule has 40 heavy (non-hydrogen) atoms. The van der Waals surface area contributed by atoms with Gasteiger partial charge in [0.05, 0.1) is 29.2 Å². The van der Waals surface area contributed by atoms with E-state index in [2.05, 4.69) is 27.0 Å². The van der Waals surface area contributed by atoms with E-state index in [0.29, 0.717) is 11.6 Å². The van der Waals surface area contributed by atoms with Crippen molar-refractivity contribution in [1.82, 2.24) is 24.9 Å². The number of likely N-dealkylation sites (tertiary alicyclic amines) is 1. The van der Waals surface area contributed by atoms with Crippen molar-refractivity contribution in [2.24, 2.45) is 0 Å². The number of carbonyl (C=O) groups is 1. The first-order valence-electron chi connectivity index (χ1n) is 13.9. The highest BCUT2D eigenvalue weighted by Gasteiger charge is 2.33. The molecule has 214 valence electrons. The van der Waals surface area contributed by atoms with Crippen LogP contribution in [0.3, 0.4) is 0 Å². The Morgan fingerprint density at radius 1 is 1.07 bits per heavy atom. The summed E-state index contributed by atoms with van der Waals surface area (Å²) in [6.07, 6.45) is 7.01. The topological polar surface area (TPSA) is 115 Å². The second-order valence-electron chi connectivity index (χ2n) is 10.9. The van der Waals surface area contributed by atoms with Crippen molar-refractivity contribution in [2.75, 3.05) is 53.6 Å². The zero-order chi connectivity index (χ0) is 28.0. The molecule has 2 N–H and O–H groups in total. The van der Waals surface area contributed by atoms with Crippen LogP contribution in [0.5, 0.6) is 0 Å². The quantitative estimate of drug-likeness (QED) is 0.449. The Balaban J connectivity index is 1.41. The number of piperidine rings is 1. The summed E-state index contributed by atoms with van der Waals surface area (Å²) in [4.78, 5) is 23.1. The van der Waals surface area contributed by atoms with Gasteiger partial charge < -0.3 is 9.80 Å². The number of fused-ring (bicyclic) bond motifs is 1. The lowest BCUT2D eigenvalue weighted by Gasteiger charge is -2.36. The van der Waals surface area contributed by atoms with Crippen molar-refractivity contribution in [3.63, 3.8) is 0 Å². The number of halogens is 1. The molecular formula is C27H35ClN8O3S. The number of sulfonamides is 1. The van der Waals surface area contributed by atoms with E-state index in [1.165, 1.54) is 12.1 Å². The van der Waals surface area contributed by atoms with Crippen LogP contribution in [0.1, 0.15) is 66.2 Å². The van der Waals surface area contributed by atoms with Crippen molar-refractivity contribution in [1.29, 1.82) is 0 Å². The first-order chi connectivity index (χ1) is 19.2. The number of rotatable bonds is 6. The predicted molar refractivity (Wildman–Crippen MR) is 157 cm³/mol. The molecule has 13 heteroatoms. The number of carbonyl (C=O) groups excluding carboxylic acids is 1. The van der Waals surface area contributed by atoms with Gasteiger partial charge in [0.15, 0.2) is 11.5 Å². The Morgan fingerprint density at radius 3 is 2.58 bits per heavy atom. The second kappa shape index (κ2) is 10.7. The molecule has 1 amide bonds. The number of nitrogens with one attached hydrogen (secondary N) is 2. The average Bonchev–Trinajstić information content (AvgIpc) is 3.32. The summed E-state index contributed by atoms with van der Waals surface area (Å²) in [5, 5.41) is 7.61. The normalized spacial score (nSPS) is 20.1. The minimum Gasteiger partial charge on any atom is -0.356 e. The number of nitrogens with zero attached hydrogens (tertiary/aromatic N) is 6. The molecule has 0 spiro atoms. The zero-order valence-corrected chi connectivity index (χ0v) is 24.4. The molecule has 3 fully saturated rings. The number of hydrogen-bond donors (Lipinski definition) is 2. The van der Waals surface area contributed by atoms with E-state index >= 15 is 0 Å². The number of hydrogen-bond acceptors (Lipinski definition) is 8. The van der Waals surface area contributed by atoms with Crippen molar-refractivity contribution in [2.45, 2.75) is 51.5 Å². The molecule has 0 radical (unpaired) electrons. The van der Waals surface area contributed by atoms with Gasteiger partial charge in [-0.2, -0.15) is 9.61 Å². The van der Waals surface area contributed by atoms with Gasteiger partial charge in [-0.15, -0.1) is 0 Å². The van der Waals surface area contributed by atoms with Crippen LogP contribution in [0.25, 0.3) is 5.65 Å². The molecule has 5 heterocycles. The van der Waals surface area contributed by atoms with Crippen molar-refractivity contribution in [3.05, 3.63) is 46.1 Å². The van der Waals surface area contributed by atoms with Crippen LogP contribution in [-0.4, -0.2) is 72.8 Å². The van der Waals surface area contributed by atoms with Crippen molar-refractivity contribution >= 4 is 50.5 Å². The van der Waals surface area contributed by atoms with Gasteiger partial charge in [-0.1, -0.05) is 11.6 Å². The number of benzene rings is 1. The van der Waals surface area contributed by atoms with E-state index in [4.69, 9.17) is 21.7 Å². The minimum absolute atomic E-state index is 0.214. The zero-order valence-electron chi connectivity index (χ0n) is 22.9. The van der Waals surface area contributed by atoms with Crippen LogP contribution >= 0.6 is 11.6 Å². The summed E-state index contributed by atoms with van der Waals surface area (Å²) >= 11 is 6.25. The molecule has 3 aliphatic heterocycles. The van der Waals surface area contributed by atoms with Gasteiger partial charge in [0, 0.05) is 49.4 Å². The summed E-state index contributed by atoms with van der Waals surface area (Å²) in [6, 6.07) is 6.35. The van der Waals surface area contributed by atoms with E-state index in [-0.39, 0.29) is 23.2 Å². The van der Waals surface area contributed by atoms with Gasteiger partial charge in [0.2, 0.25) is 10.0 Å². The number of amides is 1. The Hall–Kier alpha value is -3.09. The smallest absolute Gasteiger partial charge is 0.256 e. The molecule has 0 bridgehead atoms. The third kappa shape index (κ3) is 5.19.